The summed E-state index contributed by atoms with van der Waals surface area (Å²) < 4.78 is 29.7. The molecule has 0 spiro atoms. The number of benzene rings is 3. The number of halogens is 4. The monoisotopic (exact) mass is 633 g/mol. The summed E-state index contributed by atoms with van der Waals surface area (Å²) in [5.74, 6) is -0.529. The van der Waals surface area contributed by atoms with E-state index in [1.807, 2.05) is 0 Å². The molecule has 1 aliphatic carbocycles. The first kappa shape index (κ1) is 29.8. The Hall–Kier alpha value is -2.68. The number of carbonyl (C=O) groups excluding carboxylic acids is 1. The van der Waals surface area contributed by atoms with Crippen molar-refractivity contribution in [3.8, 4) is 17.0 Å². The number of aliphatic hydroxyl groups is 1. The lowest BCUT2D eigenvalue weighted by Crippen LogP contribution is -2.40. The van der Waals surface area contributed by atoms with E-state index in [1.54, 1.807) is 42.5 Å². The molecule has 1 aliphatic rings. The molecule has 1 saturated carbocycles. The van der Waals surface area contributed by atoms with Gasteiger partial charge in [-0.2, -0.15) is 4.37 Å². The van der Waals surface area contributed by atoms with Gasteiger partial charge in [0.15, 0.2) is 0 Å². The molecule has 1 aromatic heterocycles. The maximum Gasteiger partial charge on any atom is 0.337 e. The van der Waals surface area contributed by atoms with Crippen LogP contribution in [0.4, 0.5) is 4.39 Å². The van der Waals surface area contributed by atoms with E-state index in [0.29, 0.717) is 56.0 Å². The molecule has 1 heterocycles. The summed E-state index contributed by atoms with van der Waals surface area (Å²) in [7, 11) is 1.25. The number of ether oxygens (including phenoxy) is 2. The smallest absolute Gasteiger partial charge is 0.337 e. The van der Waals surface area contributed by atoms with Gasteiger partial charge in [0.25, 0.3) is 0 Å². The number of esters is 1. The third kappa shape index (κ3) is 5.97. The molecule has 0 bridgehead atoms. The predicted octanol–water partition coefficient (Wildman–Crippen LogP) is 9.16. The van der Waals surface area contributed by atoms with Crippen molar-refractivity contribution in [3.63, 3.8) is 0 Å². The molecular formula is C31H27Cl3FNO4S. The molecule has 0 atom stereocenters. The number of aromatic nitrogens is 1. The maximum atomic E-state index is 14.2. The van der Waals surface area contributed by atoms with Gasteiger partial charge in [0.1, 0.15) is 18.2 Å². The van der Waals surface area contributed by atoms with Gasteiger partial charge in [0.2, 0.25) is 0 Å². The lowest BCUT2D eigenvalue weighted by molar-refractivity contribution is -0.0549. The summed E-state index contributed by atoms with van der Waals surface area (Å²) in [4.78, 5) is 13.0. The van der Waals surface area contributed by atoms with Crippen molar-refractivity contribution in [2.24, 2.45) is 0 Å². The third-order valence-corrected chi connectivity index (χ3v) is 9.48. The predicted molar refractivity (Wildman–Crippen MR) is 161 cm³/mol. The van der Waals surface area contributed by atoms with E-state index in [1.165, 1.54) is 24.7 Å². The molecule has 4 aromatic rings. The second-order valence-electron chi connectivity index (χ2n) is 10.5. The quantitative estimate of drug-likeness (QED) is 0.196. The van der Waals surface area contributed by atoms with E-state index < -0.39 is 17.4 Å². The Kier molecular flexibility index (Phi) is 8.65. The first-order valence-corrected chi connectivity index (χ1v) is 14.9. The van der Waals surface area contributed by atoms with Gasteiger partial charge in [0, 0.05) is 21.6 Å². The van der Waals surface area contributed by atoms with Crippen LogP contribution in [0.25, 0.3) is 11.3 Å². The minimum atomic E-state index is -1.19. The third-order valence-electron chi connectivity index (χ3n) is 7.35. The largest absolute Gasteiger partial charge is 0.489 e. The summed E-state index contributed by atoms with van der Waals surface area (Å²) in [6.45, 7) is 4.41. The van der Waals surface area contributed by atoms with Gasteiger partial charge >= 0.3 is 5.97 Å². The van der Waals surface area contributed by atoms with Crippen LogP contribution in [0.1, 0.15) is 70.5 Å². The number of carbonyl (C=O) groups is 1. The SMILES string of the molecule is COC(=O)c1cc(F)cc(C2CC(O)(c3ccc(OCc4c(-c5c(Cl)cccc5Cl)nsc4C(C)C)cc3Cl)C2)c1. The molecular weight excluding hydrogens is 608 g/mol. The molecule has 1 fully saturated rings. The maximum absolute atomic E-state index is 14.2. The van der Waals surface area contributed by atoms with Crippen LogP contribution in [0.5, 0.6) is 5.75 Å². The van der Waals surface area contributed by atoms with Crippen molar-refractivity contribution in [1.82, 2.24) is 4.37 Å². The highest BCUT2D eigenvalue weighted by atomic mass is 35.5. The highest BCUT2D eigenvalue weighted by Gasteiger charge is 2.46. The van der Waals surface area contributed by atoms with Crippen molar-refractivity contribution >= 4 is 52.3 Å². The van der Waals surface area contributed by atoms with E-state index in [4.69, 9.17) is 44.3 Å². The first-order valence-electron chi connectivity index (χ1n) is 13.0. The fraction of sp³-hybridized carbons (Fsp3) is 0.290. The van der Waals surface area contributed by atoms with Crippen molar-refractivity contribution in [2.75, 3.05) is 7.11 Å². The summed E-state index contributed by atoms with van der Waals surface area (Å²) >= 11 is 21.0. The second kappa shape index (κ2) is 11.9. The molecule has 5 nitrogen and oxygen atoms in total. The van der Waals surface area contributed by atoms with Gasteiger partial charge in [-0.05, 0) is 84.2 Å². The zero-order valence-electron chi connectivity index (χ0n) is 22.5. The van der Waals surface area contributed by atoms with Crippen molar-refractivity contribution < 1.29 is 23.8 Å². The highest BCUT2D eigenvalue weighted by molar-refractivity contribution is 7.06. The van der Waals surface area contributed by atoms with E-state index in [2.05, 4.69) is 18.2 Å². The molecule has 214 valence electrons. The van der Waals surface area contributed by atoms with Crippen LogP contribution >= 0.6 is 46.3 Å². The van der Waals surface area contributed by atoms with Gasteiger partial charge in [-0.3, -0.25) is 0 Å². The Morgan fingerprint density at radius 3 is 2.44 bits per heavy atom. The molecule has 0 amide bonds. The van der Waals surface area contributed by atoms with E-state index >= 15 is 0 Å². The van der Waals surface area contributed by atoms with Crippen LogP contribution in [0.3, 0.4) is 0 Å². The van der Waals surface area contributed by atoms with E-state index in [0.717, 1.165) is 16.5 Å². The number of methoxy groups -OCH3 is 1. The number of hydrogen-bond acceptors (Lipinski definition) is 6. The van der Waals surface area contributed by atoms with Gasteiger partial charge in [0.05, 0.1) is 39.0 Å². The molecule has 0 radical (unpaired) electrons. The summed E-state index contributed by atoms with van der Waals surface area (Å²) in [6, 6.07) is 14.7. The zero-order valence-corrected chi connectivity index (χ0v) is 25.6. The Balaban J connectivity index is 1.33. The normalized spacial score (nSPS) is 18.3. The minimum absolute atomic E-state index is 0.137. The molecule has 1 N–H and O–H groups in total. The van der Waals surface area contributed by atoms with Gasteiger partial charge < -0.3 is 14.6 Å². The van der Waals surface area contributed by atoms with Crippen molar-refractivity contribution in [1.29, 1.82) is 0 Å². The fourth-order valence-corrected chi connectivity index (χ4v) is 7.04. The molecule has 41 heavy (non-hydrogen) atoms. The standard InChI is InChI=1S/C31H27Cl3FNO4S/c1-16(2)29-22(28(36-41-29)27-24(32)5-4-6-25(27)33)15-40-21-7-8-23(26(34)12-21)31(38)13-19(14-31)17-9-18(30(37)39-3)11-20(35)10-17/h4-12,16,19,38H,13-15H2,1-3H3. The zero-order chi connectivity index (χ0) is 29.5. The Morgan fingerprint density at radius 1 is 1.10 bits per heavy atom. The van der Waals surface area contributed by atoms with Crippen LogP contribution < -0.4 is 4.74 Å². The van der Waals surface area contributed by atoms with Gasteiger partial charge in [-0.25, -0.2) is 9.18 Å². The number of hydrogen-bond donors (Lipinski definition) is 1. The van der Waals surface area contributed by atoms with Crippen LogP contribution in [-0.4, -0.2) is 22.6 Å². The van der Waals surface area contributed by atoms with Crippen LogP contribution in [0, 0.1) is 5.82 Å². The topological polar surface area (TPSA) is 68.7 Å². The molecule has 0 saturated heterocycles. The van der Waals surface area contributed by atoms with Gasteiger partial charge in [-0.15, -0.1) is 0 Å². The Morgan fingerprint density at radius 2 is 1.80 bits per heavy atom. The molecule has 0 unspecified atom stereocenters. The van der Waals surface area contributed by atoms with Gasteiger partial charge in [-0.1, -0.05) is 60.8 Å². The Labute approximate surface area is 257 Å². The number of nitrogens with zero attached hydrogens (tertiary/aromatic N) is 1. The Bertz CT molecular complexity index is 1600. The highest BCUT2D eigenvalue weighted by Crippen LogP contribution is 2.53. The average molecular weight is 635 g/mol. The molecule has 3 aromatic carbocycles. The van der Waals surface area contributed by atoms with Crippen molar-refractivity contribution in [3.05, 3.63) is 103 Å². The minimum Gasteiger partial charge on any atom is -0.489 e. The summed E-state index contributed by atoms with van der Waals surface area (Å²) in [6.07, 6.45) is 0.661. The van der Waals surface area contributed by atoms with E-state index in [9.17, 15) is 14.3 Å². The lowest BCUT2D eigenvalue weighted by Gasteiger charge is -2.44. The molecule has 10 heteroatoms. The van der Waals surface area contributed by atoms with Crippen LogP contribution in [0.15, 0.2) is 54.6 Å². The molecule has 5 rings (SSSR count). The number of rotatable bonds is 8. The van der Waals surface area contributed by atoms with Crippen LogP contribution in [0.2, 0.25) is 15.1 Å². The first-order chi connectivity index (χ1) is 19.5. The van der Waals surface area contributed by atoms with Crippen molar-refractivity contribution in [2.45, 2.75) is 50.7 Å². The second-order valence-corrected chi connectivity index (χ2v) is 12.5. The average Bonchev–Trinajstić information content (AvgIpc) is 3.33. The summed E-state index contributed by atoms with van der Waals surface area (Å²) in [5, 5.41) is 12.7. The molecule has 0 aliphatic heterocycles. The summed E-state index contributed by atoms with van der Waals surface area (Å²) in [5.41, 5.74) is 2.42. The van der Waals surface area contributed by atoms with E-state index in [-0.39, 0.29) is 24.0 Å². The fourth-order valence-electron chi connectivity index (χ4n) is 5.25. The van der Waals surface area contributed by atoms with Crippen LogP contribution in [-0.2, 0) is 16.9 Å². The lowest BCUT2D eigenvalue weighted by atomic mass is 9.65.